The Kier molecular flexibility index (Phi) is 1.43. The lowest BCUT2D eigenvalue weighted by atomic mass is 10.3. The average Bonchev–Trinajstić information content (AvgIpc) is 2.07. The van der Waals surface area contributed by atoms with E-state index < -0.39 is 6.30 Å². The van der Waals surface area contributed by atoms with Crippen LogP contribution < -0.4 is 21.4 Å². The van der Waals surface area contributed by atoms with Gasteiger partial charge < -0.3 is 10.3 Å². The molecule has 1 aromatic rings. The largest absolute Gasteiger partial charge is 0.357 e. The van der Waals surface area contributed by atoms with Crippen molar-refractivity contribution in [2.45, 2.75) is 6.30 Å². The zero-order chi connectivity index (χ0) is 8.55. The van der Waals surface area contributed by atoms with Crippen LogP contribution in [-0.2, 0) is 0 Å². The third-order valence-electron chi connectivity index (χ3n) is 1.61. The maximum Gasteiger partial charge on any atom is 0.258 e. The van der Waals surface area contributed by atoms with Crippen LogP contribution in [0.2, 0.25) is 0 Å². The first kappa shape index (κ1) is 7.02. The van der Waals surface area contributed by atoms with Gasteiger partial charge in [0, 0.05) is 6.20 Å². The first-order valence-electron chi connectivity index (χ1n) is 3.43. The van der Waals surface area contributed by atoms with Gasteiger partial charge in [-0.25, -0.2) is 9.37 Å². The molecular weight excluding hydrogens is 161 g/mol. The van der Waals surface area contributed by atoms with E-state index in [1.54, 1.807) is 0 Å². The molecule has 0 radical (unpaired) electrons. The van der Waals surface area contributed by atoms with Crippen LogP contribution in [-0.4, -0.2) is 16.3 Å². The van der Waals surface area contributed by atoms with Crippen LogP contribution in [0, 0.1) is 0 Å². The first-order chi connectivity index (χ1) is 5.77. The van der Waals surface area contributed by atoms with Gasteiger partial charge in [0.25, 0.3) is 5.56 Å². The Morgan fingerprint density at radius 2 is 2.42 bits per heavy atom. The van der Waals surface area contributed by atoms with Gasteiger partial charge in [0.2, 0.25) is 0 Å². The van der Waals surface area contributed by atoms with Crippen LogP contribution >= 0.6 is 0 Å². The van der Waals surface area contributed by atoms with E-state index in [9.17, 15) is 9.18 Å². The van der Waals surface area contributed by atoms with Crippen molar-refractivity contribution < 1.29 is 4.39 Å². The molecule has 0 aliphatic carbocycles. The van der Waals surface area contributed by atoms with Crippen molar-refractivity contribution in [3.63, 3.8) is 0 Å². The summed E-state index contributed by atoms with van der Waals surface area (Å²) in [6, 6.07) is 0. The maximum absolute atomic E-state index is 12.7. The van der Waals surface area contributed by atoms with Crippen molar-refractivity contribution in [3.8, 4) is 0 Å². The van der Waals surface area contributed by atoms with Crippen LogP contribution in [0.25, 0.3) is 12.3 Å². The molecule has 0 amide bonds. The molecule has 1 aromatic heterocycles. The van der Waals surface area contributed by atoms with Crippen molar-refractivity contribution >= 4 is 12.3 Å². The maximum atomic E-state index is 12.7. The molecule has 62 valence electrons. The van der Waals surface area contributed by atoms with Gasteiger partial charge >= 0.3 is 0 Å². The molecular formula is C7H6FN3O. The average molecular weight is 167 g/mol. The van der Waals surface area contributed by atoms with Crippen molar-refractivity contribution in [2.75, 3.05) is 0 Å². The van der Waals surface area contributed by atoms with Crippen LogP contribution in [0.4, 0.5) is 4.39 Å². The van der Waals surface area contributed by atoms with Crippen LogP contribution in [0.1, 0.15) is 0 Å². The Morgan fingerprint density at radius 1 is 1.58 bits per heavy atom. The molecule has 2 rings (SSSR count). The van der Waals surface area contributed by atoms with Crippen LogP contribution in [0.5, 0.6) is 0 Å². The predicted molar refractivity (Wildman–Crippen MR) is 41.1 cm³/mol. The number of hydrogen-bond acceptors (Lipinski definition) is 3. The molecule has 5 heteroatoms. The van der Waals surface area contributed by atoms with Gasteiger partial charge in [-0.1, -0.05) is 0 Å². The normalized spacial score (nSPS) is 19.9. The van der Waals surface area contributed by atoms with E-state index in [0.717, 1.165) is 0 Å². The summed E-state index contributed by atoms with van der Waals surface area (Å²) in [4.78, 5) is 17.3. The highest BCUT2D eigenvalue weighted by molar-refractivity contribution is 5.36. The molecule has 1 unspecified atom stereocenters. The standard InChI is InChI=1S/C7H6FN3O/c8-6-1-4-5(2-9-6)10-3-11-7(4)12/h1-3,6,9H,(H,10,11,12). The number of nitrogens with one attached hydrogen (secondary N) is 2. The molecule has 0 fully saturated rings. The minimum atomic E-state index is -1.30. The third-order valence-corrected chi connectivity index (χ3v) is 1.61. The number of fused-ring (bicyclic) bond motifs is 1. The molecule has 1 aliphatic rings. The zero-order valence-corrected chi connectivity index (χ0v) is 6.04. The highest BCUT2D eigenvalue weighted by atomic mass is 19.1. The molecule has 4 nitrogen and oxygen atoms in total. The SMILES string of the molecule is O=c1[nH]cnc2c1=CC(F)NC=2. The second-order valence-electron chi connectivity index (χ2n) is 2.41. The number of rotatable bonds is 0. The molecule has 2 heterocycles. The minimum Gasteiger partial charge on any atom is -0.357 e. The van der Waals surface area contributed by atoms with Crippen molar-refractivity contribution in [1.29, 1.82) is 0 Å². The van der Waals surface area contributed by atoms with E-state index in [-0.39, 0.29) is 10.8 Å². The molecule has 0 bridgehead atoms. The Morgan fingerprint density at radius 3 is 3.25 bits per heavy atom. The Balaban J connectivity index is 2.89. The van der Waals surface area contributed by atoms with Gasteiger partial charge in [0.15, 0.2) is 6.30 Å². The number of aromatic amines is 1. The Hall–Kier alpha value is -1.65. The first-order valence-corrected chi connectivity index (χ1v) is 3.43. The fraction of sp³-hybridized carbons (Fsp3) is 0.143. The topological polar surface area (TPSA) is 57.8 Å². The van der Waals surface area contributed by atoms with Gasteiger partial charge in [0.1, 0.15) is 0 Å². The molecule has 0 saturated carbocycles. The summed E-state index contributed by atoms with van der Waals surface area (Å²) in [5.41, 5.74) is -0.319. The lowest BCUT2D eigenvalue weighted by molar-refractivity contribution is 0.392. The molecule has 1 atom stereocenters. The summed E-state index contributed by atoms with van der Waals surface area (Å²) in [5.74, 6) is 0. The fourth-order valence-corrected chi connectivity index (χ4v) is 1.05. The summed E-state index contributed by atoms with van der Waals surface area (Å²) in [6.45, 7) is 0. The fourth-order valence-electron chi connectivity index (χ4n) is 1.05. The molecule has 12 heavy (non-hydrogen) atoms. The summed E-state index contributed by atoms with van der Waals surface area (Å²) in [7, 11) is 0. The summed E-state index contributed by atoms with van der Waals surface area (Å²) < 4.78 is 12.7. The number of aromatic nitrogens is 2. The quantitative estimate of drug-likeness (QED) is 0.448. The molecule has 2 N–H and O–H groups in total. The molecule has 0 spiro atoms. The molecule has 0 saturated heterocycles. The number of halogens is 1. The minimum absolute atomic E-state index is 0.281. The Labute approximate surface area is 66.5 Å². The Bertz CT molecular complexity index is 464. The van der Waals surface area contributed by atoms with Crippen LogP contribution in [0.15, 0.2) is 11.1 Å². The van der Waals surface area contributed by atoms with Gasteiger partial charge in [-0.15, -0.1) is 0 Å². The highest BCUT2D eigenvalue weighted by Gasteiger charge is 2.04. The van der Waals surface area contributed by atoms with E-state index in [2.05, 4.69) is 15.3 Å². The van der Waals surface area contributed by atoms with Gasteiger partial charge in [-0.05, 0) is 6.08 Å². The van der Waals surface area contributed by atoms with Gasteiger partial charge in [-0.2, -0.15) is 0 Å². The third kappa shape index (κ3) is 0.990. The highest BCUT2D eigenvalue weighted by Crippen LogP contribution is 1.86. The van der Waals surface area contributed by atoms with E-state index >= 15 is 0 Å². The smallest absolute Gasteiger partial charge is 0.258 e. The monoisotopic (exact) mass is 167 g/mol. The second-order valence-corrected chi connectivity index (χ2v) is 2.41. The van der Waals surface area contributed by atoms with Gasteiger partial charge in [-0.3, -0.25) is 4.79 Å². The number of H-pyrrole nitrogens is 1. The van der Waals surface area contributed by atoms with Crippen molar-refractivity contribution in [3.05, 3.63) is 27.2 Å². The predicted octanol–water partition coefficient (Wildman–Crippen LogP) is -1.81. The number of hydrogen-bond donors (Lipinski definition) is 2. The van der Waals surface area contributed by atoms with Crippen molar-refractivity contribution in [2.24, 2.45) is 0 Å². The van der Waals surface area contributed by atoms with E-state index in [4.69, 9.17) is 0 Å². The van der Waals surface area contributed by atoms with E-state index in [0.29, 0.717) is 5.35 Å². The lowest BCUT2D eigenvalue weighted by Gasteiger charge is -2.05. The van der Waals surface area contributed by atoms with E-state index in [1.807, 2.05) is 0 Å². The lowest BCUT2D eigenvalue weighted by Crippen LogP contribution is -2.48. The summed E-state index contributed by atoms with van der Waals surface area (Å²) in [6.07, 6.45) is 2.56. The van der Waals surface area contributed by atoms with Crippen LogP contribution in [0.3, 0.4) is 0 Å². The number of nitrogens with zero attached hydrogens (tertiary/aromatic N) is 1. The molecule has 0 aromatic carbocycles. The van der Waals surface area contributed by atoms with Gasteiger partial charge in [0.05, 0.1) is 16.9 Å². The second kappa shape index (κ2) is 2.44. The summed E-state index contributed by atoms with van der Waals surface area (Å²) in [5, 5.41) is 3.15. The number of alkyl halides is 1. The molecule has 1 aliphatic heterocycles. The summed E-state index contributed by atoms with van der Waals surface area (Å²) >= 11 is 0. The van der Waals surface area contributed by atoms with Crippen molar-refractivity contribution in [1.82, 2.24) is 15.3 Å². The zero-order valence-electron chi connectivity index (χ0n) is 6.04. The van der Waals surface area contributed by atoms with E-state index in [1.165, 1.54) is 18.6 Å².